The van der Waals surface area contributed by atoms with Gasteiger partial charge in [0.1, 0.15) is 0 Å². The predicted octanol–water partition coefficient (Wildman–Crippen LogP) is -1.20. The average Bonchev–Trinajstić information content (AvgIpc) is 2.67. The molecule has 0 aromatic carbocycles. The third-order valence-electron chi connectivity index (χ3n) is 1.62. The molecule has 0 saturated heterocycles. The average molecular weight is 192 g/mol. The summed E-state index contributed by atoms with van der Waals surface area (Å²) >= 11 is 0. The second kappa shape index (κ2) is 3.40. The largest absolute Gasteiger partial charge is 0.369 e. The zero-order valence-corrected chi connectivity index (χ0v) is 7.43. The van der Waals surface area contributed by atoms with E-state index in [1.165, 1.54) is 0 Å². The lowest BCUT2D eigenvalue weighted by Crippen LogP contribution is -2.35. The number of nitrogens with one attached hydrogen (secondary N) is 1. The van der Waals surface area contributed by atoms with Crippen molar-refractivity contribution in [1.82, 2.24) is 4.72 Å². The summed E-state index contributed by atoms with van der Waals surface area (Å²) in [5.41, 5.74) is 4.78. The summed E-state index contributed by atoms with van der Waals surface area (Å²) in [4.78, 5) is 10.2. The summed E-state index contributed by atoms with van der Waals surface area (Å²) in [7, 11) is -3.26. The Balaban J connectivity index is 2.31. The monoisotopic (exact) mass is 192 g/mol. The minimum absolute atomic E-state index is 0.125. The lowest BCUT2D eigenvalue weighted by Gasteiger charge is -2.02. The van der Waals surface area contributed by atoms with Crippen LogP contribution in [0.15, 0.2) is 0 Å². The van der Waals surface area contributed by atoms with Gasteiger partial charge in [0.15, 0.2) is 0 Å². The molecule has 0 aromatic rings. The van der Waals surface area contributed by atoms with Crippen LogP contribution in [0, 0.1) is 5.92 Å². The summed E-state index contributed by atoms with van der Waals surface area (Å²) in [5, 5.41) is 0. The number of rotatable bonds is 5. The van der Waals surface area contributed by atoms with Crippen LogP contribution in [0.4, 0.5) is 0 Å². The highest BCUT2D eigenvalue weighted by molar-refractivity contribution is 7.89. The van der Waals surface area contributed by atoms with Gasteiger partial charge in [0, 0.05) is 0 Å². The molecule has 1 fully saturated rings. The molecular weight excluding hydrogens is 180 g/mol. The predicted molar refractivity (Wildman–Crippen MR) is 43.7 cm³/mol. The number of amides is 1. The van der Waals surface area contributed by atoms with E-state index in [4.69, 9.17) is 5.73 Å². The first-order chi connectivity index (χ1) is 5.49. The third kappa shape index (κ3) is 3.68. The standard InChI is InChI=1S/C6H12N2O3S/c7-6(9)3-8-12(10,11)4-5-1-2-5/h5,8H,1-4H2,(H2,7,9). The topological polar surface area (TPSA) is 89.3 Å². The van der Waals surface area contributed by atoms with Gasteiger partial charge in [-0.1, -0.05) is 0 Å². The number of primary amides is 1. The normalized spacial score (nSPS) is 17.7. The van der Waals surface area contributed by atoms with Crippen molar-refractivity contribution in [2.45, 2.75) is 12.8 Å². The molecule has 1 aliphatic carbocycles. The molecule has 0 spiro atoms. The van der Waals surface area contributed by atoms with Gasteiger partial charge in [0.25, 0.3) is 0 Å². The lowest BCUT2D eigenvalue weighted by atomic mass is 10.5. The number of carbonyl (C=O) groups excluding carboxylic acids is 1. The second-order valence-corrected chi connectivity index (χ2v) is 4.86. The smallest absolute Gasteiger partial charge is 0.232 e. The molecular formula is C6H12N2O3S. The van der Waals surface area contributed by atoms with Gasteiger partial charge in [-0.25, -0.2) is 13.1 Å². The fourth-order valence-electron chi connectivity index (χ4n) is 0.835. The Morgan fingerprint density at radius 1 is 1.50 bits per heavy atom. The Morgan fingerprint density at radius 2 is 2.08 bits per heavy atom. The van der Waals surface area contributed by atoms with Crippen molar-refractivity contribution in [2.24, 2.45) is 11.7 Å². The van der Waals surface area contributed by atoms with Gasteiger partial charge in [-0.05, 0) is 18.8 Å². The van der Waals surface area contributed by atoms with E-state index in [-0.39, 0.29) is 18.2 Å². The van der Waals surface area contributed by atoms with Crippen molar-refractivity contribution in [3.63, 3.8) is 0 Å². The molecule has 1 saturated carbocycles. The van der Waals surface area contributed by atoms with Gasteiger partial charge in [0.05, 0.1) is 12.3 Å². The van der Waals surface area contributed by atoms with Crippen LogP contribution in [0.1, 0.15) is 12.8 Å². The Morgan fingerprint density at radius 3 is 2.50 bits per heavy atom. The van der Waals surface area contributed by atoms with Crippen LogP contribution in [-0.2, 0) is 14.8 Å². The van der Waals surface area contributed by atoms with Crippen LogP contribution in [-0.4, -0.2) is 26.6 Å². The number of nitrogens with two attached hydrogens (primary N) is 1. The molecule has 1 rings (SSSR count). The Labute approximate surface area is 71.4 Å². The van der Waals surface area contributed by atoms with Crippen molar-refractivity contribution in [2.75, 3.05) is 12.3 Å². The molecule has 0 unspecified atom stereocenters. The highest BCUT2D eigenvalue weighted by atomic mass is 32.2. The van der Waals surface area contributed by atoms with Gasteiger partial charge in [-0.2, -0.15) is 0 Å². The summed E-state index contributed by atoms with van der Waals surface area (Å²) in [5.74, 6) is -0.245. The van der Waals surface area contributed by atoms with E-state index in [0.717, 1.165) is 12.8 Å². The van der Waals surface area contributed by atoms with Crippen molar-refractivity contribution >= 4 is 15.9 Å². The van der Waals surface area contributed by atoms with Crippen LogP contribution in [0.3, 0.4) is 0 Å². The van der Waals surface area contributed by atoms with Crippen LogP contribution >= 0.6 is 0 Å². The minimum atomic E-state index is -3.26. The quantitative estimate of drug-likeness (QED) is 0.573. The molecule has 12 heavy (non-hydrogen) atoms. The van der Waals surface area contributed by atoms with Gasteiger partial charge >= 0.3 is 0 Å². The van der Waals surface area contributed by atoms with E-state index in [2.05, 4.69) is 4.72 Å². The summed E-state index contributed by atoms with van der Waals surface area (Å²) in [6.07, 6.45) is 1.94. The maximum Gasteiger partial charge on any atom is 0.232 e. The van der Waals surface area contributed by atoms with Gasteiger partial charge in [-0.15, -0.1) is 0 Å². The molecule has 0 bridgehead atoms. The van der Waals surface area contributed by atoms with E-state index in [0.29, 0.717) is 0 Å². The Hall–Kier alpha value is -0.620. The Kier molecular flexibility index (Phi) is 2.69. The van der Waals surface area contributed by atoms with Crippen LogP contribution in [0.2, 0.25) is 0 Å². The van der Waals surface area contributed by atoms with Crippen molar-refractivity contribution < 1.29 is 13.2 Å². The van der Waals surface area contributed by atoms with Crippen LogP contribution in [0.25, 0.3) is 0 Å². The van der Waals surface area contributed by atoms with Gasteiger partial charge in [0.2, 0.25) is 15.9 Å². The molecule has 0 atom stereocenters. The molecule has 0 heterocycles. The summed E-state index contributed by atoms with van der Waals surface area (Å²) < 4.78 is 24.3. The van der Waals surface area contributed by atoms with Gasteiger partial charge in [-0.3, -0.25) is 4.79 Å². The van der Waals surface area contributed by atoms with Gasteiger partial charge < -0.3 is 5.73 Å². The van der Waals surface area contributed by atoms with E-state index >= 15 is 0 Å². The highest BCUT2D eigenvalue weighted by Gasteiger charge is 2.27. The maximum atomic E-state index is 11.1. The molecule has 5 nitrogen and oxygen atoms in total. The lowest BCUT2D eigenvalue weighted by molar-refractivity contribution is -0.116. The number of sulfonamides is 1. The zero-order chi connectivity index (χ0) is 9.19. The Bertz CT molecular complexity index is 269. The van der Waals surface area contributed by atoms with Crippen LogP contribution < -0.4 is 10.5 Å². The fourth-order valence-corrected chi connectivity index (χ4v) is 2.27. The second-order valence-electron chi connectivity index (χ2n) is 3.01. The van der Waals surface area contributed by atoms with E-state index in [9.17, 15) is 13.2 Å². The third-order valence-corrected chi connectivity index (χ3v) is 3.11. The first-order valence-electron chi connectivity index (χ1n) is 3.75. The number of hydrogen-bond donors (Lipinski definition) is 2. The first kappa shape index (κ1) is 9.47. The molecule has 1 amide bonds. The molecule has 6 heteroatoms. The zero-order valence-electron chi connectivity index (χ0n) is 6.62. The SMILES string of the molecule is NC(=O)CNS(=O)(=O)CC1CC1. The molecule has 1 aliphatic rings. The van der Waals surface area contributed by atoms with E-state index in [1.807, 2.05) is 0 Å². The number of hydrogen-bond acceptors (Lipinski definition) is 3. The van der Waals surface area contributed by atoms with Crippen molar-refractivity contribution in [3.05, 3.63) is 0 Å². The fraction of sp³-hybridized carbons (Fsp3) is 0.833. The molecule has 0 aliphatic heterocycles. The molecule has 3 N–H and O–H groups in total. The number of carbonyl (C=O) groups is 1. The first-order valence-corrected chi connectivity index (χ1v) is 5.40. The maximum absolute atomic E-state index is 11.1. The molecule has 70 valence electrons. The van der Waals surface area contributed by atoms with E-state index in [1.54, 1.807) is 0 Å². The van der Waals surface area contributed by atoms with Crippen molar-refractivity contribution in [3.8, 4) is 0 Å². The summed E-state index contributed by atoms with van der Waals surface area (Å²) in [6, 6.07) is 0. The van der Waals surface area contributed by atoms with Crippen LogP contribution in [0.5, 0.6) is 0 Å². The molecule has 0 aromatic heterocycles. The van der Waals surface area contributed by atoms with Crippen molar-refractivity contribution in [1.29, 1.82) is 0 Å². The highest BCUT2D eigenvalue weighted by Crippen LogP contribution is 2.29. The molecule has 0 radical (unpaired) electrons. The van der Waals surface area contributed by atoms with E-state index < -0.39 is 15.9 Å². The summed E-state index contributed by atoms with van der Waals surface area (Å²) in [6.45, 7) is -0.297. The minimum Gasteiger partial charge on any atom is -0.369 e.